The van der Waals surface area contributed by atoms with Crippen LogP contribution in [0.2, 0.25) is 10.0 Å². The highest BCUT2D eigenvalue weighted by Crippen LogP contribution is 2.35. The minimum atomic E-state index is -6.15. The third-order valence-corrected chi connectivity index (χ3v) is 6.01. The summed E-state index contributed by atoms with van der Waals surface area (Å²) >= 11 is 11.8. The molecule has 0 aliphatic heterocycles. The van der Waals surface area contributed by atoms with Crippen molar-refractivity contribution in [1.29, 1.82) is 0 Å². The topological polar surface area (TPSA) is 85.3 Å². The summed E-state index contributed by atoms with van der Waals surface area (Å²) in [5.74, 6) is 0. The zero-order chi connectivity index (χ0) is 24.8. The Morgan fingerprint density at radius 1 is 1.06 bits per heavy atom. The number of anilines is 1. The monoisotopic (exact) mass is 526 g/mol. The fraction of sp³-hybridized carbons (Fsp3) is 0.300. The van der Waals surface area contributed by atoms with Gasteiger partial charge < -0.3 is 9.57 Å². The van der Waals surface area contributed by atoms with E-state index in [1.165, 1.54) is 13.0 Å². The number of rotatable bonds is 8. The highest BCUT2D eigenvalue weighted by molar-refractivity contribution is 7.94. The molecule has 0 fully saturated rings. The molecule has 0 atom stereocenters. The first-order valence-electron chi connectivity index (χ1n) is 9.43. The first kappa shape index (κ1) is 26.7. The molecular formula is C20H19Cl2F3N2O5S. The standard InChI is InChI=1S/C20H19Cl2F3N2O5S/c1-3-17(26-32-12-13-5-7-14(21)8-6-13)16-11-15(22)9-10-18(16)27(19(28)31-4-2)33(29,30)20(23,24)25/h5-11H,3-4,12H2,1-2H3/b26-17+. The average molecular weight is 527 g/mol. The van der Waals surface area contributed by atoms with Gasteiger partial charge in [0.2, 0.25) is 0 Å². The number of ether oxygens (including phenoxy) is 1. The van der Waals surface area contributed by atoms with Crippen molar-refractivity contribution in [3.63, 3.8) is 0 Å². The van der Waals surface area contributed by atoms with Crippen molar-refractivity contribution in [2.75, 3.05) is 10.9 Å². The van der Waals surface area contributed by atoms with Gasteiger partial charge in [-0.2, -0.15) is 25.9 Å². The Kier molecular flexibility index (Phi) is 8.98. The van der Waals surface area contributed by atoms with E-state index in [9.17, 15) is 26.4 Å². The third-order valence-electron chi connectivity index (χ3n) is 4.11. The van der Waals surface area contributed by atoms with Crippen molar-refractivity contribution in [3.8, 4) is 0 Å². The molecule has 7 nitrogen and oxygen atoms in total. The SMILES string of the molecule is CCOC(=O)N(c1ccc(Cl)cc1/C(CC)=N/OCc1ccc(Cl)cc1)S(=O)(=O)C(F)(F)F. The largest absolute Gasteiger partial charge is 0.517 e. The molecule has 0 N–H and O–H groups in total. The molecule has 0 bridgehead atoms. The molecule has 180 valence electrons. The highest BCUT2D eigenvalue weighted by Gasteiger charge is 2.53. The Morgan fingerprint density at radius 2 is 1.67 bits per heavy atom. The zero-order valence-electron chi connectivity index (χ0n) is 17.4. The lowest BCUT2D eigenvalue weighted by molar-refractivity contribution is -0.0438. The summed E-state index contributed by atoms with van der Waals surface area (Å²) in [5, 5.41) is 4.52. The van der Waals surface area contributed by atoms with Crippen LogP contribution in [0.15, 0.2) is 47.6 Å². The van der Waals surface area contributed by atoms with E-state index in [0.717, 1.165) is 12.1 Å². The van der Waals surface area contributed by atoms with Crippen molar-refractivity contribution in [1.82, 2.24) is 0 Å². The van der Waals surface area contributed by atoms with Crippen LogP contribution in [0.5, 0.6) is 0 Å². The van der Waals surface area contributed by atoms with Gasteiger partial charge in [0.15, 0.2) is 0 Å². The second kappa shape index (κ2) is 11.1. The summed E-state index contributed by atoms with van der Waals surface area (Å²) < 4.78 is 68.6. The number of carbonyl (C=O) groups excluding carboxylic acids is 1. The van der Waals surface area contributed by atoms with Gasteiger partial charge in [0, 0.05) is 15.6 Å². The normalized spacial score (nSPS) is 12.4. The molecule has 0 radical (unpaired) electrons. The van der Waals surface area contributed by atoms with E-state index in [2.05, 4.69) is 9.89 Å². The number of nitrogens with zero attached hydrogens (tertiary/aromatic N) is 2. The molecule has 1 amide bonds. The van der Waals surface area contributed by atoms with E-state index in [0.29, 0.717) is 10.6 Å². The maximum absolute atomic E-state index is 13.4. The Bertz CT molecular complexity index is 1120. The first-order chi connectivity index (χ1) is 15.4. The number of sulfonamides is 1. The molecule has 2 aromatic rings. The molecule has 2 aromatic carbocycles. The van der Waals surface area contributed by atoms with E-state index >= 15 is 0 Å². The molecule has 0 unspecified atom stereocenters. The van der Waals surface area contributed by atoms with Crippen molar-refractivity contribution >= 4 is 50.7 Å². The maximum Gasteiger partial charge on any atom is 0.517 e. The molecule has 2 rings (SSSR count). The summed E-state index contributed by atoms with van der Waals surface area (Å²) in [6, 6.07) is 9.93. The van der Waals surface area contributed by atoms with Crippen LogP contribution in [-0.4, -0.2) is 32.3 Å². The second-order valence-corrected chi connectivity index (χ2v) is 9.02. The number of benzene rings is 2. The number of alkyl halides is 3. The molecule has 0 saturated carbocycles. The molecule has 0 saturated heterocycles. The summed E-state index contributed by atoms with van der Waals surface area (Å²) in [6.07, 6.45) is -1.62. The predicted octanol–water partition coefficient (Wildman–Crippen LogP) is 6.14. The maximum atomic E-state index is 13.4. The summed E-state index contributed by atoms with van der Waals surface area (Å²) in [5.41, 5.74) is -5.80. The van der Waals surface area contributed by atoms with E-state index in [1.54, 1.807) is 31.2 Å². The lowest BCUT2D eigenvalue weighted by Crippen LogP contribution is -2.45. The van der Waals surface area contributed by atoms with Crippen LogP contribution in [0.3, 0.4) is 0 Å². The van der Waals surface area contributed by atoms with Gasteiger partial charge >= 0.3 is 21.6 Å². The van der Waals surface area contributed by atoms with Gasteiger partial charge in [-0.05, 0) is 49.2 Å². The average Bonchev–Trinajstić information content (AvgIpc) is 2.73. The van der Waals surface area contributed by atoms with Crippen LogP contribution >= 0.6 is 23.2 Å². The molecule has 0 aliphatic rings. The van der Waals surface area contributed by atoms with E-state index in [-0.39, 0.29) is 35.9 Å². The van der Waals surface area contributed by atoms with Crippen LogP contribution in [0.4, 0.5) is 23.7 Å². The molecule has 0 spiro atoms. The summed E-state index contributed by atoms with van der Waals surface area (Å²) in [7, 11) is -6.15. The lowest BCUT2D eigenvalue weighted by Gasteiger charge is -2.25. The lowest BCUT2D eigenvalue weighted by atomic mass is 10.1. The first-order valence-corrected chi connectivity index (χ1v) is 11.6. The Hall–Kier alpha value is -2.50. The van der Waals surface area contributed by atoms with E-state index in [4.69, 9.17) is 28.0 Å². The van der Waals surface area contributed by atoms with Gasteiger partial charge in [-0.25, -0.2) is 4.79 Å². The Morgan fingerprint density at radius 3 is 2.21 bits per heavy atom. The van der Waals surface area contributed by atoms with Gasteiger partial charge in [-0.1, -0.05) is 47.4 Å². The highest BCUT2D eigenvalue weighted by atomic mass is 35.5. The number of oxime groups is 1. The van der Waals surface area contributed by atoms with E-state index < -0.39 is 31.6 Å². The molecule has 0 aliphatic carbocycles. The molecule has 33 heavy (non-hydrogen) atoms. The van der Waals surface area contributed by atoms with Gasteiger partial charge in [-0.3, -0.25) is 0 Å². The van der Waals surface area contributed by atoms with Gasteiger partial charge in [-0.15, -0.1) is 0 Å². The minimum absolute atomic E-state index is 0.000984. The van der Waals surface area contributed by atoms with Crippen LogP contribution in [0.25, 0.3) is 0 Å². The number of hydrogen-bond acceptors (Lipinski definition) is 6. The van der Waals surface area contributed by atoms with Crippen LogP contribution in [0.1, 0.15) is 31.4 Å². The van der Waals surface area contributed by atoms with Crippen molar-refractivity contribution in [2.45, 2.75) is 32.4 Å². The zero-order valence-corrected chi connectivity index (χ0v) is 19.7. The fourth-order valence-electron chi connectivity index (χ4n) is 2.60. The molecule has 0 heterocycles. The summed E-state index contributed by atoms with van der Waals surface area (Å²) in [6.45, 7) is 2.58. The second-order valence-electron chi connectivity index (χ2n) is 6.37. The van der Waals surface area contributed by atoms with Crippen molar-refractivity contribution in [2.24, 2.45) is 5.16 Å². The number of carbonyl (C=O) groups is 1. The molecular weight excluding hydrogens is 508 g/mol. The quantitative estimate of drug-likeness (QED) is 0.304. The minimum Gasteiger partial charge on any atom is -0.449 e. The van der Waals surface area contributed by atoms with Gasteiger partial charge in [0.25, 0.3) is 0 Å². The fourth-order valence-corrected chi connectivity index (χ4v) is 3.77. The molecule has 0 aromatic heterocycles. The Balaban J connectivity index is 2.55. The van der Waals surface area contributed by atoms with Crippen LogP contribution < -0.4 is 4.31 Å². The smallest absolute Gasteiger partial charge is 0.449 e. The Labute approximate surface area is 198 Å². The van der Waals surface area contributed by atoms with Gasteiger partial charge in [0.1, 0.15) is 6.61 Å². The number of halogens is 5. The van der Waals surface area contributed by atoms with E-state index in [1.807, 2.05) is 0 Å². The van der Waals surface area contributed by atoms with Crippen LogP contribution in [0, 0.1) is 0 Å². The van der Waals surface area contributed by atoms with Crippen molar-refractivity contribution < 1.29 is 36.0 Å². The van der Waals surface area contributed by atoms with Crippen LogP contribution in [-0.2, 0) is 26.2 Å². The molecule has 13 heteroatoms. The number of amides is 1. The van der Waals surface area contributed by atoms with Gasteiger partial charge in [0.05, 0.1) is 18.0 Å². The predicted molar refractivity (Wildman–Crippen MR) is 119 cm³/mol. The summed E-state index contributed by atoms with van der Waals surface area (Å²) in [4.78, 5) is 17.6. The number of hydrogen-bond donors (Lipinski definition) is 0. The van der Waals surface area contributed by atoms with Crippen molar-refractivity contribution in [3.05, 3.63) is 63.6 Å². The third kappa shape index (κ3) is 6.52.